The van der Waals surface area contributed by atoms with Crippen LogP contribution in [0.1, 0.15) is 20.7 Å². The minimum absolute atomic E-state index is 0.105. The summed E-state index contributed by atoms with van der Waals surface area (Å²) in [5, 5.41) is 0.0695. The van der Waals surface area contributed by atoms with Gasteiger partial charge in [-0.1, -0.05) is 12.1 Å². The normalized spacial score (nSPS) is 14.5. The highest BCUT2D eigenvalue weighted by Crippen LogP contribution is 2.35. The second kappa shape index (κ2) is 8.18. The van der Waals surface area contributed by atoms with Crippen molar-refractivity contribution in [3.8, 4) is 5.75 Å². The highest BCUT2D eigenvalue weighted by Gasteiger charge is 2.51. The van der Waals surface area contributed by atoms with Crippen molar-refractivity contribution in [2.45, 2.75) is 5.51 Å². The Morgan fingerprint density at radius 1 is 1.03 bits per heavy atom. The summed E-state index contributed by atoms with van der Waals surface area (Å²) in [5.41, 5.74) is -6.31. The number of benzene rings is 2. The van der Waals surface area contributed by atoms with Crippen LogP contribution in [0.2, 0.25) is 0 Å². The molecule has 13 heteroatoms. The summed E-state index contributed by atoms with van der Waals surface area (Å²) in [5.74, 6) is -2.63. The molecule has 0 N–H and O–H groups in total. The number of nitrogens with zero attached hydrogens (tertiary/aromatic N) is 1. The zero-order chi connectivity index (χ0) is 22.1. The molecule has 0 spiro atoms. The van der Waals surface area contributed by atoms with Crippen molar-refractivity contribution < 1.29 is 49.7 Å². The molecule has 0 bridgehead atoms. The van der Waals surface area contributed by atoms with Gasteiger partial charge in [0, 0.05) is 12.5 Å². The topological polar surface area (TPSA) is 108 Å². The second-order valence-electron chi connectivity index (χ2n) is 5.92. The molecule has 0 radical (unpaired) electrons. The van der Waals surface area contributed by atoms with E-state index in [1.165, 1.54) is 25.3 Å². The van der Waals surface area contributed by atoms with Gasteiger partial charge in [-0.05, 0) is 23.6 Å². The van der Waals surface area contributed by atoms with Gasteiger partial charge in [0.2, 0.25) is 0 Å². The minimum Gasteiger partial charge on any atom is -0.468 e. The van der Waals surface area contributed by atoms with Gasteiger partial charge < -0.3 is 14.2 Å². The van der Waals surface area contributed by atoms with Gasteiger partial charge in [-0.2, -0.15) is 21.6 Å². The first-order valence-corrected chi connectivity index (χ1v) is 9.63. The number of carbonyl (C=O) groups excluding carboxylic acids is 2. The maximum absolute atomic E-state index is 12.7. The predicted molar refractivity (Wildman–Crippen MR) is 93.8 cm³/mol. The molecule has 2 amide bonds. The molecule has 0 atom stereocenters. The maximum Gasteiger partial charge on any atom is 0.525 e. The SMILES string of the molecule is COCCOCOc1cc2c3c(cccc3c1)C(=O)N(OS(=O)(=O)C(F)(F)F)C2=O. The van der Waals surface area contributed by atoms with Gasteiger partial charge in [0.05, 0.1) is 24.3 Å². The summed E-state index contributed by atoms with van der Waals surface area (Å²) < 4.78 is 79.7. The van der Waals surface area contributed by atoms with Crippen molar-refractivity contribution in [2.75, 3.05) is 27.1 Å². The largest absolute Gasteiger partial charge is 0.525 e. The molecule has 2 aromatic carbocycles. The third-order valence-corrected chi connectivity index (χ3v) is 4.89. The van der Waals surface area contributed by atoms with Crippen molar-refractivity contribution in [1.82, 2.24) is 5.06 Å². The van der Waals surface area contributed by atoms with Crippen molar-refractivity contribution in [3.05, 3.63) is 41.5 Å². The fourth-order valence-electron chi connectivity index (χ4n) is 2.66. The van der Waals surface area contributed by atoms with Gasteiger partial charge >= 0.3 is 15.6 Å². The quantitative estimate of drug-likeness (QED) is 0.261. The van der Waals surface area contributed by atoms with E-state index in [2.05, 4.69) is 4.28 Å². The molecule has 0 aliphatic carbocycles. The van der Waals surface area contributed by atoms with Crippen LogP contribution in [-0.4, -0.2) is 57.9 Å². The molecular weight excluding hydrogens is 435 g/mol. The molecular formula is C17H14F3NO8S. The van der Waals surface area contributed by atoms with Gasteiger partial charge in [0.15, 0.2) is 6.79 Å². The Kier molecular flexibility index (Phi) is 5.99. The van der Waals surface area contributed by atoms with Crippen LogP contribution in [0.3, 0.4) is 0 Å². The molecule has 3 rings (SSSR count). The summed E-state index contributed by atoms with van der Waals surface area (Å²) in [7, 11) is -4.76. The highest BCUT2D eigenvalue weighted by molar-refractivity contribution is 7.87. The summed E-state index contributed by atoms with van der Waals surface area (Å²) in [6.07, 6.45) is 0. The Morgan fingerprint density at radius 3 is 2.40 bits per heavy atom. The summed E-state index contributed by atoms with van der Waals surface area (Å²) >= 11 is 0. The number of rotatable bonds is 8. The molecule has 9 nitrogen and oxygen atoms in total. The summed E-state index contributed by atoms with van der Waals surface area (Å²) in [4.78, 5) is 25.1. The molecule has 0 saturated heterocycles. The minimum atomic E-state index is -6.25. The van der Waals surface area contributed by atoms with E-state index in [1.807, 2.05) is 0 Å². The lowest BCUT2D eigenvalue weighted by Crippen LogP contribution is -2.44. The van der Waals surface area contributed by atoms with Crippen molar-refractivity contribution >= 4 is 32.7 Å². The third-order valence-electron chi connectivity index (χ3n) is 3.98. The Balaban J connectivity index is 1.97. The number of hydrogen-bond acceptors (Lipinski definition) is 8. The molecule has 1 heterocycles. The monoisotopic (exact) mass is 449 g/mol. The Morgan fingerprint density at radius 2 is 1.73 bits per heavy atom. The van der Waals surface area contributed by atoms with Crippen LogP contribution < -0.4 is 4.74 Å². The fraction of sp³-hybridized carbons (Fsp3) is 0.294. The zero-order valence-electron chi connectivity index (χ0n) is 15.3. The van der Waals surface area contributed by atoms with Crippen LogP contribution in [0.4, 0.5) is 13.2 Å². The van der Waals surface area contributed by atoms with E-state index < -0.39 is 32.5 Å². The molecule has 1 aliphatic heterocycles. The zero-order valence-corrected chi connectivity index (χ0v) is 16.1. The average molecular weight is 449 g/mol. The van der Waals surface area contributed by atoms with E-state index in [1.54, 1.807) is 6.07 Å². The number of ether oxygens (including phenoxy) is 3. The number of methoxy groups -OCH3 is 1. The van der Waals surface area contributed by atoms with E-state index >= 15 is 0 Å². The van der Waals surface area contributed by atoms with E-state index in [4.69, 9.17) is 14.2 Å². The van der Waals surface area contributed by atoms with E-state index in [0.717, 1.165) is 6.07 Å². The smallest absolute Gasteiger partial charge is 0.468 e. The number of hydroxylamine groups is 2. The Labute approximate surface area is 167 Å². The van der Waals surface area contributed by atoms with Crippen LogP contribution in [0.25, 0.3) is 10.8 Å². The number of imide groups is 1. The van der Waals surface area contributed by atoms with Crippen LogP contribution in [0.5, 0.6) is 5.75 Å². The van der Waals surface area contributed by atoms with Gasteiger partial charge in [-0.3, -0.25) is 9.59 Å². The van der Waals surface area contributed by atoms with E-state index in [0.29, 0.717) is 12.0 Å². The predicted octanol–water partition coefficient (Wildman–Crippen LogP) is 2.22. The van der Waals surface area contributed by atoms with Crippen molar-refractivity contribution in [1.29, 1.82) is 0 Å². The van der Waals surface area contributed by atoms with Gasteiger partial charge in [0.25, 0.3) is 11.8 Å². The first-order valence-electron chi connectivity index (χ1n) is 8.22. The second-order valence-corrected chi connectivity index (χ2v) is 7.44. The number of amides is 2. The van der Waals surface area contributed by atoms with Crippen molar-refractivity contribution in [2.24, 2.45) is 0 Å². The van der Waals surface area contributed by atoms with Crippen molar-refractivity contribution in [3.63, 3.8) is 0 Å². The average Bonchev–Trinajstić information content (AvgIpc) is 2.68. The molecule has 0 unspecified atom stereocenters. The molecule has 162 valence electrons. The number of halogens is 3. The highest BCUT2D eigenvalue weighted by atomic mass is 32.2. The number of hydrogen-bond donors (Lipinski definition) is 0. The lowest BCUT2D eigenvalue weighted by molar-refractivity contribution is -0.0761. The van der Waals surface area contributed by atoms with Gasteiger partial charge in [-0.15, -0.1) is 9.35 Å². The van der Waals surface area contributed by atoms with Crippen LogP contribution in [0.15, 0.2) is 30.3 Å². The third kappa shape index (κ3) is 4.09. The Bertz CT molecular complexity index is 1100. The lowest BCUT2D eigenvalue weighted by atomic mass is 9.95. The molecule has 2 aromatic rings. The molecule has 30 heavy (non-hydrogen) atoms. The molecule has 1 aliphatic rings. The number of alkyl halides is 3. The van der Waals surface area contributed by atoms with Gasteiger partial charge in [0.1, 0.15) is 5.75 Å². The van der Waals surface area contributed by atoms with E-state index in [-0.39, 0.29) is 35.7 Å². The van der Waals surface area contributed by atoms with Crippen LogP contribution in [0, 0.1) is 0 Å². The molecule has 0 saturated carbocycles. The lowest BCUT2D eigenvalue weighted by Gasteiger charge is -2.26. The summed E-state index contributed by atoms with van der Waals surface area (Å²) in [6, 6.07) is 6.82. The first-order chi connectivity index (χ1) is 14.1. The summed E-state index contributed by atoms with van der Waals surface area (Å²) in [6.45, 7) is 0.325. The first kappa shape index (κ1) is 22.0. The molecule has 0 fully saturated rings. The standard InChI is InChI=1S/C17H14F3NO8S/c1-26-5-6-27-9-28-11-7-10-3-2-4-12-14(10)13(8-11)16(23)21(15(12)22)29-30(24,25)17(18,19)20/h2-4,7-8H,5-6,9H2,1H3. The Hall–Kier alpha value is -2.74. The molecule has 0 aromatic heterocycles. The number of carbonyl (C=O) groups is 2. The van der Waals surface area contributed by atoms with Crippen LogP contribution in [-0.2, 0) is 23.9 Å². The maximum atomic E-state index is 12.7. The van der Waals surface area contributed by atoms with E-state index in [9.17, 15) is 31.2 Å². The van der Waals surface area contributed by atoms with Crippen LogP contribution >= 0.6 is 0 Å². The fourth-order valence-corrected chi connectivity index (χ4v) is 3.08. The van der Waals surface area contributed by atoms with Gasteiger partial charge in [-0.25, -0.2) is 0 Å².